The zero-order valence-corrected chi connectivity index (χ0v) is 21.2. The Labute approximate surface area is 209 Å². The predicted molar refractivity (Wildman–Crippen MR) is 128 cm³/mol. The van der Waals surface area contributed by atoms with Gasteiger partial charge in [0.05, 0.1) is 11.8 Å². The van der Waals surface area contributed by atoms with Gasteiger partial charge in [-0.25, -0.2) is 22.5 Å². The summed E-state index contributed by atoms with van der Waals surface area (Å²) in [4.78, 5) is 25.9. The van der Waals surface area contributed by atoms with Crippen molar-refractivity contribution in [3.63, 3.8) is 0 Å². The number of aliphatic carboxylic acids is 1. The van der Waals surface area contributed by atoms with Gasteiger partial charge in [0.2, 0.25) is 15.9 Å². The third-order valence-corrected chi connectivity index (χ3v) is 7.98. The molecule has 0 spiro atoms. The van der Waals surface area contributed by atoms with Gasteiger partial charge in [-0.05, 0) is 47.3 Å². The molecule has 2 heterocycles. The molecule has 0 unspecified atom stereocenters. The lowest BCUT2D eigenvalue weighted by atomic mass is 9.99. The number of nitrogens with zero attached hydrogens (tertiary/aromatic N) is 2. The van der Waals surface area contributed by atoms with Crippen LogP contribution in [0.3, 0.4) is 0 Å². The maximum absolute atomic E-state index is 12.7. The summed E-state index contributed by atoms with van der Waals surface area (Å²) in [5.41, 5.74) is 0.562. The number of halogens is 4. The largest absolute Gasteiger partial charge is 0.490 e. The maximum Gasteiger partial charge on any atom is 0.490 e. The quantitative estimate of drug-likeness (QED) is 0.301. The molecule has 0 aromatic carbocycles. The summed E-state index contributed by atoms with van der Waals surface area (Å²) in [6, 6.07) is 3.40. The molecule has 9 nitrogen and oxygen atoms in total. The first-order valence-corrected chi connectivity index (χ1v) is 12.8. The fourth-order valence-corrected chi connectivity index (χ4v) is 5.31. The van der Waals surface area contributed by atoms with Crippen LogP contribution in [0.1, 0.15) is 24.8 Å². The number of pyridine rings is 1. The van der Waals surface area contributed by atoms with E-state index in [0.717, 1.165) is 12.0 Å². The molecule has 0 bridgehead atoms. The van der Waals surface area contributed by atoms with Gasteiger partial charge in [0.1, 0.15) is 10.4 Å². The van der Waals surface area contributed by atoms with Crippen molar-refractivity contribution in [2.45, 2.75) is 37.5 Å². The van der Waals surface area contributed by atoms with Crippen molar-refractivity contribution in [2.75, 3.05) is 24.7 Å². The second kappa shape index (κ2) is 11.2. The predicted octanol–water partition coefficient (Wildman–Crippen LogP) is 3.02. The van der Waals surface area contributed by atoms with Crippen LogP contribution in [0.2, 0.25) is 0 Å². The van der Waals surface area contributed by atoms with Crippen molar-refractivity contribution >= 4 is 49.7 Å². The van der Waals surface area contributed by atoms with Gasteiger partial charge >= 0.3 is 12.1 Å². The summed E-state index contributed by atoms with van der Waals surface area (Å²) in [6.45, 7) is 7.74. The second-order valence-electron chi connectivity index (χ2n) is 8.26. The van der Waals surface area contributed by atoms with E-state index in [2.05, 4.69) is 44.7 Å². The molecule has 35 heavy (non-hydrogen) atoms. The van der Waals surface area contributed by atoms with E-state index in [4.69, 9.17) is 9.90 Å². The van der Waals surface area contributed by atoms with Crippen LogP contribution in [-0.4, -0.2) is 72.3 Å². The van der Waals surface area contributed by atoms with Crippen LogP contribution in [-0.2, 0) is 19.6 Å². The molecule has 1 amide bonds. The summed E-state index contributed by atoms with van der Waals surface area (Å²) in [5.74, 6) is -2.41. The zero-order valence-electron chi connectivity index (χ0n) is 18.8. The first-order valence-electron chi connectivity index (χ1n) is 10.4. The van der Waals surface area contributed by atoms with Gasteiger partial charge in [0.25, 0.3) is 0 Å². The normalized spacial score (nSPS) is 23.0. The Balaban J connectivity index is 0.000000540. The van der Waals surface area contributed by atoms with Crippen LogP contribution >= 0.6 is 15.9 Å². The highest BCUT2D eigenvalue weighted by Crippen LogP contribution is 2.55. The molecule has 1 aromatic rings. The standard InChI is InChI=1S/C19H25BrN4O3S.C2HF3O2/c1-4-6-9-28(26,27)24(3)12-19-10-14(21-15(19)11-19)18(25)23-17-13(5-2)7-8-16(20)22-17;3-2(4,5)1(6)7/h4-5,7-8,14-15,21H,1-2,6,9-12H2,3H3,(H,22,23,25);(H,6,7)/t14-,15+,19-;/m0./s1. The van der Waals surface area contributed by atoms with Crippen LogP contribution < -0.4 is 10.6 Å². The number of carbonyl (C=O) groups is 2. The van der Waals surface area contributed by atoms with E-state index < -0.39 is 22.2 Å². The van der Waals surface area contributed by atoms with Crippen molar-refractivity contribution in [1.82, 2.24) is 14.6 Å². The van der Waals surface area contributed by atoms with Crippen LogP contribution in [0.15, 0.2) is 36.0 Å². The second-order valence-corrected chi connectivity index (χ2v) is 11.3. The van der Waals surface area contributed by atoms with Gasteiger partial charge in [0, 0.05) is 30.6 Å². The maximum atomic E-state index is 12.7. The molecule has 3 rings (SSSR count). The highest BCUT2D eigenvalue weighted by molar-refractivity contribution is 9.10. The Morgan fingerprint density at radius 3 is 2.54 bits per heavy atom. The van der Waals surface area contributed by atoms with E-state index in [1.54, 1.807) is 25.3 Å². The molecular weight excluding hydrogens is 557 g/mol. The van der Waals surface area contributed by atoms with Gasteiger partial charge in [-0.3, -0.25) is 4.79 Å². The number of nitrogens with one attached hydrogen (secondary N) is 2. The summed E-state index contributed by atoms with van der Waals surface area (Å²) in [7, 11) is -1.71. The number of hydrogen-bond acceptors (Lipinski definition) is 6. The van der Waals surface area contributed by atoms with Crippen LogP contribution in [0, 0.1) is 5.41 Å². The summed E-state index contributed by atoms with van der Waals surface area (Å²) in [6.07, 6.45) is 0.0682. The topological polar surface area (TPSA) is 129 Å². The molecule has 3 atom stereocenters. The van der Waals surface area contributed by atoms with Crippen LogP contribution in [0.4, 0.5) is 19.0 Å². The monoisotopic (exact) mass is 582 g/mol. The molecule has 1 aromatic heterocycles. The highest BCUT2D eigenvalue weighted by atomic mass is 79.9. The molecule has 194 valence electrons. The highest BCUT2D eigenvalue weighted by Gasteiger charge is 2.62. The van der Waals surface area contributed by atoms with E-state index in [1.165, 1.54) is 4.31 Å². The molecule has 1 aliphatic heterocycles. The fraction of sp³-hybridized carbons (Fsp3) is 0.476. The number of hydrogen-bond donors (Lipinski definition) is 3. The lowest BCUT2D eigenvalue weighted by molar-refractivity contribution is -0.192. The Morgan fingerprint density at radius 1 is 1.37 bits per heavy atom. The summed E-state index contributed by atoms with van der Waals surface area (Å²) < 4.78 is 58.5. The number of alkyl halides is 3. The minimum absolute atomic E-state index is 0.0595. The number of piperidine rings is 1. The third-order valence-electron chi connectivity index (χ3n) is 5.71. The Kier molecular flexibility index (Phi) is 9.25. The number of anilines is 1. The molecule has 2 aliphatic rings. The Morgan fingerprint density at radius 2 is 2.00 bits per heavy atom. The number of carboxylic acid groups (broad SMARTS) is 1. The summed E-state index contributed by atoms with van der Waals surface area (Å²) in [5, 5.41) is 13.3. The smallest absolute Gasteiger partial charge is 0.475 e. The van der Waals surface area contributed by atoms with Crippen molar-refractivity contribution in [3.8, 4) is 0 Å². The van der Waals surface area contributed by atoms with Crippen LogP contribution in [0.25, 0.3) is 6.08 Å². The Bertz CT molecular complexity index is 1100. The Hall–Kier alpha value is -2.29. The fourth-order valence-electron chi connectivity index (χ4n) is 3.77. The zero-order chi connectivity index (χ0) is 26.6. The number of amides is 1. The molecule has 3 N–H and O–H groups in total. The molecule has 0 radical (unpaired) electrons. The molecule has 1 saturated carbocycles. The van der Waals surface area contributed by atoms with Crippen molar-refractivity contribution < 1.29 is 36.3 Å². The van der Waals surface area contributed by atoms with Crippen molar-refractivity contribution in [1.29, 1.82) is 0 Å². The van der Waals surface area contributed by atoms with Gasteiger partial charge in [-0.1, -0.05) is 18.7 Å². The van der Waals surface area contributed by atoms with Gasteiger partial charge in [-0.15, -0.1) is 6.58 Å². The number of carboxylic acids is 1. The molecule has 14 heteroatoms. The minimum atomic E-state index is -5.08. The van der Waals surface area contributed by atoms with E-state index in [9.17, 15) is 26.4 Å². The first kappa shape index (κ1) is 28.9. The molecular formula is C21H26BrF3N4O5S. The van der Waals surface area contributed by atoms with Gasteiger partial charge < -0.3 is 15.7 Å². The van der Waals surface area contributed by atoms with E-state index in [1.807, 2.05) is 6.07 Å². The average Bonchev–Trinajstić information content (AvgIpc) is 3.30. The number of fused-ring (bicyclic) bond motifs is 1. The number of carbonyl (C=O) groups excluding carboxylic acids is 1. The average molecular weight is 583 g/mol. The van der Waals surface area contributed by atoms with E-state index in [0.29, 0.717) is 29.8 Å². The number of aromatic nitrogens is 1. The number of rotatable bonds is 9. The summed E-state index contributed by atoms with van der Waals surface area (Å²) >= 11 is 3.31. The lowest BCUT2D eigenvalue weighted by Gasteiger charge is -2.22. The van der Waals surface area contributed by atoms with E-state index in [-0.39, 0.29) is 29.2 Å². The van der Waals surface area contributed by atoms with E-state index >= 15 is 0 Å². The molecule has 2 fully saturated rings. The van der Waals surface area contributed by atoms with Crippen LogP contribution in [0.5, 0.6) is 0 Å². The third kappa shape index (κ3) is 7.59. The molecule has 1 aliphatic carbocycles. The number of allylic oxidation sites excluding steroid dienone is 1. The van der Waals surface area contributed by atoms with Crippen molar-refractivity contribution in [2.24, 2.45) is 5.41 Å². The molecule has 1 saturated heterocycles. The van der Waals surface area contributed by atoms with Gasteiger partial charge in [-0.2, -0.15) is 13.2 Å². The minimum Gasteiger partial charge on any atom is -0.475 e. The van der Waals surface area contributed by atoms with Gasteiger partial charge in [0.15, 0.2) is 0 Å². The first-order chi connectivity index (χ1) is 16.1. The number of sulfonamides is 1. The van der Waals surface area contributed by atoms with Crippen molar-refractivity contribution in [3.05, 3.63) is 41.5 Å². The lowest BCUT2D eigenvalue weighted by Crippen LogP contribution is -2.38. The SMILES string of the molecule is C=CCCS(=O)(=O)N(C)C[C@@]12C[C@@H](C(=O)Nc3nc(Br)ccc3C=C)N[C@@H]1C2.O=C(O)C(F)(F)F.